The van der Waals surface area contributed by atoms with Crippen molar-refractivity contribution in [2.45, 2.75) is 51.5 Å². The summed E-state index contributed by atoms with van der Waals surface area (Å²) in [6, 6.07) is 10.6. The molecule has 1 heterocycles. The van der Waals surface area contributed by atoms with Gasteiger partial charge >= 0.3 is 0 Å². The minimum atomic E-state index is -0.0788. The van der Waals surface area contributed by atoms with E-state index in [4.69, 9.17) is 5.73 Å². The molecule has 1 fully saturated rings. The first-order chi connectivity index (χ1) is 10.3. The van der Waals surface area contributed by atoms with Crippen LogP contribution in [-0.4, -0.2) is 29.9 Å². The highest BCUT2D eigenvalue weighted by atomic mass is 16.2. The monoisotopic (exact) mass is 288 g/mol. The summed E-state index contributed by atoms with van der Waals surface area (Å²) in [5.41, 5.74) is 7.10. The van der Waals surface area contributed by atoms with E-state index in [1.165, 1.54) is 12.0 Å². The van der Waals surface area contributed by atoms with Crippen LogP contribution in [0.15, 0.2) is 30.3 Å². The number of rotatable bonds is 6. The number of nitrogens with zero attached hydrogens (tertiary/aromatic N) is 1. The summed E-state index contributed by atoms with van der Waals surface area (Å²) < 4.78 is 0. The molecule has 1 amide bonds. The van der Waals surface area contributed by atoms with Gasteiger partial charge in [0.25, 0.3) is 0 Å². The summed E-state index contributed by atoms with van der Waals surface area (Å²) in [6.45, 7) is 3.54. The van der Waals surface area contributed by atoms with Gasteiger partial charge < -0.3 is 10.6 Å². The Morgan fingerprint density at radius 2 is 2.10 bits per heavy atom. The van der Waals surface area contributed by atoms with E-state index in [-0.39, 0.29) is 11.8 Å². The van der Waals surface area contributed by atoms with Crippen molar-refractivity contribution >= 4 is 5.91 Å². The van der Waals surface area contributed by atoms with Crippen molar-refractivity contribution in [3.63, 3.8) is 0 Å². The second-order valence-electron chi connectivity index (χ2n) is 6.09. The van der Waals surface area contributed by atoms with Crippen molar-refractivity contribution < 1.29 is 4.79 Å². The van der Waals surface area contributed by atoms with Crippen molar-refractivity contribution in [3.8, 4) is 0 Å². The average molecular weight is 288 g/mol. The second-order valence-corrected chi connectivity index (χ2v) is 6.09. The third kappa shape index (κ3) is 4.31. The fraction of sp³-hybridized carbons (Fsp3) is 0.611. The normalized spacial score (nSPS) is 20.3. The Kier molecular flexibility index (Phi) is 6.24. The molecule has 2 unspecified atom stereocenters. The lowest BCUT2D eigenvalue weighted by Crippen LogP contribution is -2.48. The number of benzene rings is 1. The molecule has 0 aliphatic carbocycles. The lowest BCUT2D eigenvalue weighted by atomic mass is 9.93. The lowest BCUT2D eigenvalue weighted by Gasteiger charge is -2.38. The maximum atomic E-state index is 12.9. The highest BCUT2D eigenvalue weighted by Crippen LogP contribution is 2.23. The number of likely N-dealkylation sites (tertiary alicyclic amines) is 1. The van der Waals surface area contributed by atoms with Gasteiger partial charge in [0.05, 0.1) is 5.92 Å². The van der Waals surface area contributed by atoms with Crippen LogP contribution in [0.25, 0.3) is 0 Å². The molecule has 3 heteroatoms. The minimum Gasteiger partial charge on any atom is -0.339 e. The van der Waals surface area contributed by atoms with Crippen LogP contribution in [0.4, 0.5) is 0 Å². The van der Waals surface area contributed by atoms with Crippen LogP contribution >= 0.6 is 0 Å². The molecular formula is C18H28N2O. The van der Waals surface area contributed by atoms with Gasteiger partial charge in [0.1, 0.15) is 0 Å². The highest BCUT2D eigenvalue weighted by molar-refractivity contribution is 5.79. The molecule has 1 saturated heterocycles. The van der Waals surface area contributed by atoms with Gasteiger partial charge in [-0.3, -0.25) is 4.79 Å². The van der Waals surface area contributed by atoms with Crippen molar-refractivity contribution in [1.29, 1.82) is 0 Å². The van der Waals surface area contributed by atoms with Gasteiger partial charge in [-0.15, -0.1) is 0 Å². The number of nitrogens with two attached hydrogens (primary N) is 1. The predicted molar refractivity (Wildman–Crippen MR) is 87.0 cm³/mol. The van der Waals surface area contributed by atoms with Crippen LogP contribution < -0.4 is 5.73 Å². The molecule has 116 valence electrons. The molecule has 0 radical (unpaired) electrons. The number of carbonyl (C=O) groups is 1. The molecule has 0 spiro atoms. The molecule has 3 nitrogen and oxygen atoms in total. The Morgan fingerprint density at radius 1 is 1.33 bits per heavy atom. The summed E-state index contributed by atoms with van der Waals surface area (Å²) >= 11 is 0. The summed E-state index contributed by atoms with van der Waals surface area (Å²) in [5.74, 6) is 0.185. The first-order valence-electron chi connectivity index (χ1n) is 8.30. The van der Waals surface area contributed by atoms with Crippen molar-refractivity contribution in [2.75, 3.05) is 13.1 Å². The van der Waals surface area contributed by atoms with E-state index >= 15 is 0 Å². The molecule has 1 aliphatic heterocycles. The summed E-state index contributed by atoms with van der Waals surface area (Å²) in [5, 5.41) is 0. The molecule has 0 saturated carbocycles. The molecule has 2 N–H and O–H groups in total. The molecule has 21 heavy (non-hydrogen) atoms. The van der Waals surface area contributed by atoms with Gasteiger partial charge in [0.15, 0.2) is 0 Å². The largest absolute Gasteiger partial charge is 0.339 e. The Labute approximate surface area is 128 Å². The third-order valence-electron chi connectivity index (χ3n) is 4.49. The van der Waals surface area contributed by atoms with Crippen molar-refractivity contribution in [1.82, 2.24) is 4.90 Å². The molecule has 1 aliphatic rings. The Balaban J connectivity index is 2.04. The van der Waals surface area contributed by atoms with E-state index in [0.29, 0.717) is 12.6 Å². The van der Waals surface area contributed by atoms with Crippen LogP contribution in [-0.2, 0) is 11.2 Å². The zero-order chi connectivity index (χ0) is 15.1. The van der Waals surface area contributed by atoms with Gasteiger partial charge in [-0.2, -0.15) is 0 Å². The summed E-state index contributed by atoms with van der Waals surface area (Å²) in [6.07, 6.45) is 6.55. The zero-order valence-electron chi connectivity index (χ0n) is 13.1. The topological polar surface area (TPSA) is 46.3 Å². The third-order valence-corrected chi connectivity index (χ3v) is 4.49. The molecular weight excluding hydrogens is 260 g/mol. The van der Waals surface area contributed by atoms with Gasteiger partial charge in [0, 0.05) is 19.1 Å². The minimum absolute atomic E-state index is 0.0788. The zero-order valence-corrected chi connectivity index (χ0v) is 13.1. The summed E-state index contributed by atoms with van der Waals surface area (Å²) in [7, 11) is 0. The predicted octanol–water partition coefficient (Wildman–Crippen LogP) is 2.99. The van der Waals surface area contributed by atoms with Gasteiger partial charge in [-0.05, 0) is 37.7 Å². The Bertz CT molecular complexity index is 430. The maximum absolute atomic E-state index is 12.9. The Hall–Kier alpha value is -1.35. The van der Waals surface area contributed by atoms with E-state index in [2.05, 4.69) is 24.0 Å². The number of hydrogen-bond acceptors (Lipinski definition) is 2. The number of hydrogen-bond donors (Lipinski definition) is 1. The number of carbonyl (C=O) groups excluding carboxylic acids is 1. The fourth-order valence-electron chi connectivity index (χ4n) is 3.33. The van der Waals surface area contributed by atoms with Crippen molar-refractivity contribution in [2.24, 2.45) is 11.7 Å². The molecule has 1 aromatic carbocycles. The van der Waals surface area contributed by atoms with E-state index in [1.54, 1.807) is 0 Å². The highest BCUT2D eigenvalue weighted by Gasteiger charge is 2.30. The molecule has 1 aromatic rings. The van der Waals surface area contributed by atoms with Gasteiger partial charge in [-0.1, -0.05) is 43.7 Å². The molecule has 2 rings (SSSR count). The number of piperidine rings is 1. The Morgan fingerprint density at radius 3 is 2.76 bits per heavy atom. The quantitative estimate of drug-likeness (QED) is 0.874. The van der Waals surface area contributed by atoms with E-state index in [9.17, 15) is 4.79 Å². The van der Waals surface area contributed by atoms with E-state index in [1.807, 2.05) is 18.2 Å². The average Bonchev–Trinajstić information content (AvgIpc) is 2.54. The standard InChI is InChI=1S/C18H28N2O/c1-2-8-17-11-6-7-12-20(17)18(21)16(14-19)13-15-9-4-3-5-10-15/h3-5,9-10,16-17H,2,6-8,11-14,19H2,1H3. The van der Waals surface area contributed by atoms with Crippen LogP contribution in [0.3, 0.4) is 0 Å². The SMILES string of the molecule is CCCC1CCCCN1C(=O)C(CN)Cc1ccccc1. The first-order valence-corrected chi connectivity index (χ1v) is 8.30. The van der Waals surface area contributed by atoms with Crippen LogP contribution in [0, 0.1) is 5.92 Å². The molecule has 2 atom stereocenters. The summed E-state index contributed by atoms with van der Waals surface area (Å²) in [4.78, 5) is 15.0. The second kappa shape index (κ2) is 8.18. The smallest absolute Gasteiger partial charge is 0.227 e. The first kappa shape index (κ1) is 16.0. The van der Waals surface area contributed by atoms with Crippen LogP contribution in [0.5, 0.6) is 0 Å². The maximum Gasteiger partial charge on any atom is 0.227 e. The van der Waals surface area contributed by atoms with Gasteiger partial charge in [-0.25, -0.2) is 0 Å². The fourth-order valence-corrected chi connectivity index (χ4v) is 3.33. The van der Waals surface area contributed by atoms with Crippen molar-refractivity contribution in [3.05, 3.63) is 35.9 Å². The van der Waals surface area contributed by atoms with Crippen LogP contribution in [0.1, 0.15) is 44.6 Å². The molecule has 0 bridgehead atoms. The van der Waals surface area contributed by atoms with E-state index in [0.717, 1.165) is 38.6 Å². The van der Waals surface area contributed by atoms with Crippen LogP contribution in [0.2, 0.25) is 0 Å². The van der Waals surface area contributed by atoms with E-state index < -0.39 is 0 Å². The lowest BCUT2D eigenvalue weighted by molar-refractivity contribution is -0.139. The van der Waals surface area contributed by atoms with Gasteiger partial charge in [0.2, 0.25) is 5.91 Å². The number of amides is 1. The molecule has 0 aromatic heterocycles.